The zero-order valence-electron chi connectivity index (χ0n) is 9.84. The molecule has 0 aromatic carbocycles. The van der Waals surface area contributed by atoms with Gasteiger partial charge in [-0.2, -0.15) is 5.10 Å². The summed E-state index contributed by atoms with van der Waals surface area (Å²) in [6, 6.07) is 1.58. The summed E-state index contributed by atoms with van der Waals surface area (Å²) in [6.45, 7) is 0.776. The summed E-state index contributed by atoms with van der Waals surface area (Å²) in [5.74, 6) is 0.216. The zero-order valence-corrected chi connectivity index (χ0v) is 9.84. The van der Waals surface area contributed by atoms with Gasteiger partial charge >= 0.3 is 0 Å². The normalized spacial score (nSPS) is 18.9. The fourth-order valence-electron chi connectivity index (χ4n) is 2.03. The lowest BCUT2D eigenvalue weighted by molar-refractivity contribution is -0.135. The quantitative estimate of drug-likeness (QED) is 0.720. The summed E-state index contributed by atoms with van der Waals surface area (Å²) in [7, 11) is 3.16. The topological polar surface area (TPSA) is 91.4 Å². The highest BCUT2D eigenvalue weighted by atomic mass is 16.7. The highest BCUT2D eigenvalue weighted by molar-refractivity contribution is 5.91. The van der Waals surface area contributed by atoms with Crippen LogP contribution in [0, 0.1) is 0 Å². The number of methoxy groups -OCH3 is 2. The largest absolute Gasteiger partial charge is 0.370 e. The van der Waals surface area contributed by atoms with E-state index in [0.717, 1.165) is 18.8 Å². The van der Waals surface area contributed by atoms with Gasteiger partial charge in [0.25, 0.3) is 5.91 Å². The van der Waals surface area contributed by atoms with Gasteiger partial charge < -0.3 is 20.5 Å². The number of fused-ring (bicyclic) bond motifs is 1. The van der Waals surface area contributed by atoms with Gasteiger partial charge in [0.15, 0.2) is 12.0 Å². The predicted octanol–water partition coefficient (Wildman–Crippen LogP) is -0.0424. The number of aromatic nitrogens is 2. The lowest BCUT2D eigenvalue weighted by Crippen LogP contribution is -2.34. The van der Waals surface area contributed by atoms with Crippen LogP contribution in [-0.4, -0.2) is 42.7 Å². The Kier molecular flexibility index (Phi) is 3.30. The predicted molar refractivity (Wildman–Crippen MR) is 60.7 cm³/mol. The van der Waals surface area contributed by atoms with Crippen molar-refractivity contribution in [1.29, 1.82) is 0 Å². The molecule has 2 rings (SSSR count). The number of rotatable bonds is 4. The van der Waals surface area contributed by atoms with Crippen molar-refractivity contribution in [3.05, 3.63) is 11.8 Å². The number of primary amides is 1. The average Bonchev–Trinajstić information content (AvgIpc) is 2.75. The molecule has 1 atom stereocenters. The van der Waals surface area contributed by atoms with Gasteiger partial charge in [-0.05, 0) is 6.42 Å². The number of hydrogen-bond donors (Lipinski definition) is 2. The van der Waals surface area contributed by atoms with E-state index in [-0.39, 0.29) is 11.7 Å². The molecule has 0 spiro atoms. The van der Waals surface area contributed by atoms with Gasteiger partial charge in [0.1, 0.15) is 11.9 Å². The van der Waals surface area contributed by atoms with E-state index >= 15 is 0 Å². The number of hydrogen-bond acceptors (Lipinski definition) is 5. The Morgan fingerprint density at radius 2 is 2.35 bits per heavy atom. The minimum Gasteiger partial charge on any atom is -0.370 e. The molecule has 0 bridgehead atoms. The molecule has 1 aliphatic heterocycles. The van der Waals surface area contributed by atoms with Gasteiger partial charge in [-0.3, -0.25) is 4.79 Å². The molecular formula is C10H16N4O3. The Bertz CT molecular complexity index is 414. The molecule has 0 radical (unpaired) electrons. The summed E-state index contributed by atoms with van der Waals surface area (Å²) >= 11 is 0. The van der Waals surface area contributed by atoms with Crippen molar-refractivity contribution < 1.29 is 14.3 Å². The molecule has 0 saturated carbocycles. The van der Waals surface area contributed by atoms with Crippen LogP contribution in [0.1, 0.15) is 23.0 Å². The van der Waals surface area contributed by atoms with Crippen molar-refractivity contribution in [3.63, 3.8) is 0 Å². The van der Waals surface area contributed by atoms with Crippen LogP contribution < -0.4 is 11.1 Å². The van der Waals surface area contributed by atoms with E-state index in [1.54, 1.807) is 25.0 Å². The number of nitrogens with two attached hydrogens (primary N) is 1. The standard InChI is InChI=1S/C10H16N4O3/c1-16-10(17-2)7-3-4-12-8-5-6(9(11)15)13-14(7)8/h5,7,10,12H,3-4H2,1-2H3,(H2,11,15). The molecule has 1 aliphatic rings. The van der Waals surface area contributed by atoms with Gasteiger partial charge in [-0.25, -0.2) is 4.68 Å². The number of amides is 1. The maximum atomic E-state index is 11.1. The molecule has 94 valence electrons. The first-order valence-electron chi connectivity index (χ1n) is 5.36. The van der Waals surface area contributed by atoms with Gasteiger partial charge in [-0.15, -0.1) is 0 Å². The van der Waals surface area contributed by atoms with E-state index in [9.17, 15) is 4.79 Å². The highest BCUT2D eigenvalue weighted by Gasteiger charge is 2.29. The SMILES string of the molecule is COC(OC)C1CCNc2cc(C(N)=O)nn21. The summed E-state index contributed by atoms with van der Waals surface area (Å²) in [4.78, 5) is 11.1. The number of nitrogens with one attached hydrogen (secondary N) is 1. The van der Waals surface area contributed by atoms with Crippen LogP contribution in [0.25, 0.3) is 0 Å². The molecule has 7 heteroatoms. The first kappa shape index (κ1) is 11.9. The minimum absolute atomic E-state index is 0.0608. The number of anilines is 1. The second-order valence-corrected chi connectivity index (χ2v) is 3.85. The van der Waals surface area contributed by atoms with E-state index in [1.807, 2.05) is 0 Å². The first-order chi connectivity index (χ1) is 8.17. The third-order valence-electron chi connectivity index (χ3n) is 2.83. The Labute approximate surface area is 98.9 Å². The fraction of sp³-hybridized carbons (Fsp3) is 0.600. The van der Waals surface area contributed by atoms with Crippen molar-refractivity contribution in [1.82, 2.24) is 9.78 Å². The molecule has 0 saturated heterocycles. The number of nitrogens with zero attached hydrogens (tertiary/aromatic N) is 2. The second-order valence-electron chi connectivity index (χ2n) is 3.85. The van der Waals surface area contributed by atoms with Gasteiger partial charge in [0.05, 0.1) is 0 Å². The lowest BCUT2D eigenvalue weighted by atomic mass is 10.1. The fourth-order valence-corrected chi connectivity index (χ4v) is 2.03. The molecule has 1 unspecified atom stereocenters. The summed E-state index contributed by atoms with van der Waals surface area (Å²) in [5, 5.41) is 7.32. The third kappa shape index (κ3) is 2.11. The van der Waals surface area contributed by atoms with Crippen molar-refractivity contribution in [2.75, 3.05) is 26.1 Å². The van der Waals surface area contributed by atoms with E-state index in [1.165, 1.54) is 0 Å². The highest BCUT2D eigenvalue weighted by Crippen LogP contribution is 2.28. The smallest absolute Gasteiger partial charge is 0.269 e. The van der Waals surface area contributed by atoms with E-state index in [4.69, 9.17) is 15.2 Å². The van der Waals surface area contributed by atoms with Crippen LogP contribution in [0.3, 0.4) is 0 Å². The molecule has 3 N–H and O–H groups in total. The van der Waals surface area contributed by atoms with Crippen molar-refractivity contribution in [2.24, 2.45) is 5.73 Å². The molecule has 7 nitrogen and oxygen atoms in total. The van der Waals surface area contributed by atoms with Gasteiger partial charge in [-0.1, -0.05) is 0 Å². The second kappa shape index (κ2) is 4.72. The molecule has 17 heavy (non-hydrogen) atoms. The van der Waals surface area contributed by atoms with Crippen molar-refractivity contribution in [2.45, 2.75) is 18.8 Å². The van der Waals surface area contributed by atoms with Gasteiger partial charge in [0.2, 0.25) is 0 Å². The van der Waals surface area contributed by atoms with E-state index < -0.39 is 12.2 Å². The molecule has 0 fully saturated rings. The van der Waals surface area contributed by atoms with E-state index in [2.05, 4.69) is 10.4 Å². The summed E-state index contributed by atoms with van der Waals surface area (Å²) in [5.41, 5.74) is 5.45. The zero-order chi connectivity index (χ0) is 12.4. The Balaban J connectivity index is 2.33. The van der Waals surface area contributed by atoms with Crippen LogP contribution in [-0.2, 0) is 9.47 Å². The number of ether oxygens (including phenoxy) is 2. The van der Waals surface area contributed by atoms with Crippen molar-refractivity contribution >= 4 is 11.7 Å². The third-order valence-corrected chi connectivity index (χ3v) is 2.83. The van der Waals surface area contributed by atoms with Crippen LogP contribution in [0.5, 0.6) is 0 Å². The van der Waals surface area contributed by atoms with E-state index in [0.29, 0.717) is 0 Å². The Morgan fingerprint density at radius 3 is 2.94 bits per heavy atom. The molecule has 0 aliphatic carbocycles. The monoisotopic (exact) mass is 240 g/mol. The number of carbonyl (C=O) groups excluding carboxylic acids is 1. The van der Waals surface area contributed by atoms with Crippen LogP contribution in [0.4, 0.5) is 5.82 Å². The molecular weight excluding hydrogens is 224 g/mol. The summed E-state index contributed by atoms with van der Waals surface area (Å²) in [6.07, 6.45) is 0.413. The molecule has 1 aromatic heterocycles. The maximum Gasteiger partial charge on any atom is 0.269 e. The summed E-state index contributed by atoms with van der Waals surface area (Å²) < 4.78 is 12.2. The molecule has 1 aromatic rings. The van der Waals surface area contributed by atoms with Crippen molar-refractivity contribution in [3.8, 4) is 0 Å². The molecule has 2 heterocycles. The Hall–Kier alpha value is -1.60. The first-order valence-corrected chi connectivity index (χ1v) is 5.36. The minimum atomic E-state index is -0.543. The van der Waals surface area contributed by atoms with Gasteiger partial charge in [0, 0.05) is 26.8 Å². The lowest BCUT2D eigenvalue weighted by Gasteiger charge is -2.30. The Morgan fingerprint density at radius 1 is 1.65 bits per heavy atom. The van der Waals surface area contributed by atoms with Crippen LogP contribution in [0.2, 0.25) is 0 Å². The van der Waals surface area contributed by atoms with Crippen LogP contribution >= 0.6 is 0 Å². The number of carbonyl (C=O) groups is 1. The van der Waals surface area contributed by atoms with Crippen LogP contribution in [0.15, 0.2) is 6.07 Å². The molecule has 1 amide bonds. The average molecular weight is 240 g/mol. The maximum absolute atomic E-state index is 11.1.